The summed E-state index contributed by atoms with van der Waals surface area (Å²) < 4.78 is 5.63. The Bertz CT molecular complexity index is 773. The van der Waals surface area contributed by atoms with Crippen LogP contribution in [0.5, 0.6) is 5.75 Å². The number of para-hydroxylation sites is 1. The first-order valence-electron chi connectivity index (χ1n) is 8.58. The number of anilines is 2. The Kier molecular flexibility index (Phi) is 5.33. The molecule has 130 valence electrons. The second kappa shape index (κ2) is 7.83. The molecule has 2 aromatic rings. The third-order valence-electron chi connectivity index (χ3n) is 4.23. The minimum absolute atomic E-state index is 0.0517. The highest BCUT2D eigenvalue weighted by atomic mass is 16.5. The first-order chi connectivity index (χ1) is 12.2. The summed E-state index contributed by atoms with van der Waals surface area (Å²) in [5, 5.41) is 2.83. The zero-order chi connectivity index (χ0) is 17.6. The molecule has 3 rings (SSSR count). The molecule has 5 nitrogen and oxygen atoms in total. The molecule has 2 amide bonds. The fraction of sp³-hybridized carbons (Fsp3) is 0.300. The van der Waals surface area contributed by atoms with Crippen LogP contribution in [-0.2, 0) is 16.0 Å². The molecule has 1 aliphatic heterocycles. The van der Waals surface area contributed by atoms with Crippen LogP contribution in [0.3, 0.4) is 0 Å². The Balaban J connectivity index is 1.60. The number of hydrogen-bond donors (Lipinski definition) is 1. The summed E-state index contributed by atoms with van der Waals surface area (Å²) in [4.78, 5) is 25.8. The number of hydrogen-bond acceptors (Lipinski definition) is 3. The minimum atomic E-state index is -0.226. The van der Waals surface area contributed by atoms with Crippen LogP contribution in [0.2, 0.25) is 0 Å². The monoisotopic (exact) mass is 338 g/mol. The van der Waals surface area contributed by atoms with Crippen molar-refractivity contribution >= 4 is 23.2 Å². The van der Waals surface area contributed by atoms with E-state index in [1.165, 1.54) is 0 Å². The Labute approximate surface area is 147 Å². The summed E-state index contributed by atoms with van der Waals surface area (Å²) in [5.41, 5.74) is 2.55. The van der Waals surface area contributed by atoms with Crippen LogP contribution in [-0.4, -0.2) is 25.0 Å². The molecule has 1 fully saturated rings. The average molecular weight is 338 g/mol. The molecule has 1 heterocycles. The molecule has 1 N–H and O–H groups in total. The van der Waals surface area contributed by atoms with Crippen molar-refractivity contribution in [3.63, 3.8) is 0 Å². The predicted octanol–water partition coefficient (Wildman–Crippen LogP) is 3.39. The van der Waals surface area contributed by atoms with E-state index < -0.39 is 0 Å². The third-order valence-corrected chi connectivity index (χ3v) is 4.23. The number of ether oxygens (including phenoxy) is 1. The maximum absolute atomic E-state index is 12.2. The van der Waals surface area contributed by atoms with E-state index in [4.69, 9.17) is 4.74 Å². The van der Waals surface area contributed by atoms with Crippen LogP contribution in [0, 0.1) is 0 Å². The lowest BCUT2D eigenvalue weighted by atomic mass is 10.1. The Hall–Kier alpha value is -2.82. The maximum Gasteiger partial charge on any atom is 0.262 e. The Morgan fingerprint density at radius 1 is 1.20 bits per heavy atom. The quantitative estimate of drug-likeness (QED) is 0.878. The fourth-order valence-corrected chi connectivity index (χ4v) is 2.95. The van der Waals surface area contributed by atoms with Gasteiger partial charge in [-0.2, -0.15) is 0 Å². The lowest BCUT2D eigenvalue weighted by Gasteiger charge is -2.17. The zero-order valence-corrected chi connectivity index (χ0v) is 14.3. The van der Waals surface area contributed by atoms with E-state index in [1.807, 2.05) is 55.5 Å². The topological polar surface area (TPSA) is 58.6 Å². The Morgan fingerprint density at radius 3 is 2.80 bits per heavy atom. The van der Waals surface area contributed by atoms with Crippen molar-refractivity contribution < 1.29 is 14.3 Å². The van der Waals surface area contributed by atoms with E-state index >= 15 is 0 Å². The van der Waals surface area contributed by atoms with E-state index in [9.17, 15) is 9.59 Å². The average Bonchev–Trinajstić information content (AvgIpc) is 3.06. The van der Waals surface area contributed by atoms with E-state index in [0.29, 0.717) is 12.1 Å². The molecule has 0 atom stereocenters. The van der Waals surface area contributed by atoms with Crippen molar-refractivity contribution in [3.05, 3.63) is 54.1 Å². The number of nitrogens with one attached hydrogen (secondary N) is 1. The summed E-state index contributed by atoms with van der Waals surface area (Å²) in [6.45, 7) is 2.73. The van der Waals surface area contributed by atoms with Gasteiger partial charge in [-0.05, 0) is 42.7 Å². The van der Waals surface area contributed by atoms with Gasteiger partial charge in [-0.1, -0.05) is 31.2 Å². The van der Waals surface area contributed by atoms with Gasteiger partial charge in [0.25, 0.3) is 5.91 Å². The number of carbonyl (C=O) groups is 2. The number of aryl methyl sites for hydroxylation is 1. The van der Waals surface area contributed by atoms with Gasteiger partial charge in [0, 0.05) is 24.3 Å². The molecule has 25 heavy (non-hydrogen) atoms. The molecular weight excluding hydrogens is 316 g/mol. The van der Waals surface area contributed by atoms with Crippen LogP contribution >= 0.6 is 0 Å². The van der Waals surface area contributed by atoms with Crippen molar-refractivity contribution in [1.29, 1.82) is 0 Å². The highest BCUT2D eigenvalue weighted by Crippen LogP contribution is 2.24. The second-order valence-electron chi connectivity index (χ2n) is 6.00. The standard InChI is InChI=1S/C20H22N2O3/c1-2-15-7-3-4-10-18(15)25-14-19(23)21-16-8-5-9-17(13-16)22-12-6-11-20(22)24/h3-5,7-10,13H,2,6,11-12,14H2,1H3,(H,21,23). The van der Waals surface area contributed by atoms with E-state index in [0.717, 1.165) is 36.4 Å². The first-order valence-corrected chi connectivity index (χ1v) is 8.58. The highest BCUT2D eigenvalue weighted by molar-refractivity contribution is 5.97. The van der Waals surface area contributed by atoms with Crippen molar-refractivity contribution in [3.8, 4) is 5.75 Å². The molecule has 0 saturated carbocycles. The summed E-state index contributed by atoms with van der Waals surface area (Å²) in [7, 11) is 0. The molecule has 1 saturated heterocycles. The van der Waals surface area contributed by atoms with Gasteiger partial charge in [0.2, 0.25) is 5.91 Å². The van der Waals surface area contributed by atoms with Gasteiger partial charge in [-0.25, -0.2) is 0 Å². The van der Waals surface area contributed by atoms with Crippen molar-refractivity contribution in [2.24, 2.45) is 0 Å². The minimum Gasteiger partial charge on any atom is -0.483 e. The van der Waals surface area contributed by atoms with Gasteiger partial charge in [0.05, 0.1) is 0 Å². The smallest absolute Gasteiger partial charge is 0.262 e. The molecule has 2 aromatic carbocycles. The van der Waals surface area contributed by atoms with Crippen LogP contribution in [0.4, 0.5) is 11.4 Å². The fourth-order valence-electron chi connectivity index (χ4n) is 2.95. The van der Waals surface area contributed by atoms with Gasteiger partial charge < -0.3 is 15.0 Å². The van der Waals surface area contributed by atoms with Crippen LogP contribution in [0.1, 0.15) is 25.3 Å². The van der Waals surface area contributed by atoms with Gasteiger partial charge in [-0.15, -0.1) is 0 Å². The van der Waals surface area contributed by atoms with Crippen LogP contribution < -0.4 is 15.0 Å². The number of amides is 2. The summed E-state index contributed by atoms with van der Waals surface area (Å²) in [6.07, 6.45) is 2.31. The number of carbonyl (C=O) groups excluding carboxylic acids is 2. The molecule has 0 aliphatic carbocycles. The van der Waals surface area contributed by atoms with Crippen molar-refractivity contribution in [1.82, 2.24) is 0 Å². The maximum atomic E-state index is 12.2. The van der Waals surface area contributed by atoms with Gasteiger partial charge in [-0.3, -0.25) is 9.59 Å². The summed E-state index contributed by atoms with van der Waals surface area (Å²) in [6, 6.07) is 15.1. The molecule has 1 aliphatic rings. The molecule has 0 radical (unpaired) electrons. The van der Waals surface area contributed by atoms with Crippen LogP contribution in [0.15, 0.2) is 48.5 Å². The molecule has 0 spiro atoms. The largest absolute Gasteiger partial charge is 0.483 e. The van der Waals surface area contributed by atoms with Crippen LogP contribution in [0.25, 0.3) is 0 Å². The predicted molar refractivity (Wildman–Crippen MR) is 98.0 cm³/mol. The lowest BCUT2D eigenvalue weighted by molar-refractivity contribution is -0.118. The summed E-state index contributed by atoms with van der Waals surface area (Å²) >= 11 is 0. The van der Waals surface area contributed by atoms with E-state index in [1.54, 1.807) is 4.90 Å². The SMILES string of the molecule is CCc1ccccc1OCC(=O)Nc1cccc(N2CCCC2=O)c1. The molecule has 0 bridgehead atoms. The lowest BCUT2D eigenvalue weighted by Crippen LogP contribution is -2.24. The van der Waals surface area contributed by atoms with Gasteiger partial charge in [0.1, 0.15) is 5.75 Å². The third kappa shape index (κ3) is 4.18. The first kappa shape index (κ1) is 17.0. The van der Waals surface area contributed by atoms with Gasteiger partial charge in [0.15, 0.2) is 6.61 Å². The Morgan fingerprint density at radius 2 is 2.04 bits per heavy atom. The summed E-state index contributed by atoms with van der Waals surface area (Å²) in [5.74, 6) is 0.635. The molecular formula is C20H22N2O3. The van der Waals surface area contributed by atoms with E-state index in [2.05, 4.69) is 5.32 Å². The van der Waals surface area contributed by atoms with E-state index in [-0.39, 0.29) is 18.4 Å². The number of rotatable bonds is 6. The van der Waals surface area contributed by atoms with Crippen molar-refractivity contribution in [2.75, 3.05) is 23.4 Å². The molecule has 5 heteroatoms. The molecule has 0 aromatic heterocycles. The molecule has 0 unspecified atom stereocenters. The van der Waals surface area contributed by atoms with Crippen molar-refractivity contribution in [2.45, 2.75) is 26.2 Å². The zero-order valence-electron chi connectivity index (χ0n) is 14.3. The number of nitrogens with zero attached hydrogens (tertiary/aromatic N) is 1. The van der Waals surface area contributed by atoms with Gasteiger partial charge >= 0.3 is 0 Å². The second-order valence-corrected chi connectivity index (χ2v) is 6.00. The highest BCUT2D eigenvalue weighted by Gasteiger charge is 2.21. The number of benzene rings is 2. The normalized spacial score (nSPS) is 13.8.